The van der Waals surface area contributed by atoms with Gasteiger partial charge in [-0.2, -0.15) is 10.4 Å². The number of H-pyrrole nitrogens is 2. The number of nitriles is 1. The number of fused-ring (bicyclic) bond motifs is 2. The van der Waals surface area contributed by atoms with Crippen LogP contribution in [0.15, 0.2) is 30.3 Å². The lowest BCUT2D eigenvalue weighted by atomic mass is 9.88. The molecule has 0 amide bonds. The average molecular weight is 421 g/mol. The van der Waals surface area contributed by atoms with Crippen LogP contribution in [0, 0.1) is 17.2 Å². The maximum absolute atomic E-state index is 10.9. The number of aromatic amines is 2. The number of thiophene rings is 1. The predicted molar refractivity (Wildman–Crippen MR) is 118 cm³/mol. The number of aromatic nitrogens is 3. The SMILES string of the molecule is CCC(O)(CC)c1ccc2cc(-c3n[nH]c4cc(C5OCCC5C#N)sc34)[nH]c2c1. The summed E-state index contributed by atoms with van der Waals surface area (Å²) in [5, 5.41) is 29.0. The molecule has 0 saturated carbocycles. The van der Waals surface area contributed by atoms with Crippen LogP contribution in [0.5, 0.6) is 0 Å². The van der Waals surface area contributed by atoms with Gasteiger partial charge in [-0.05, 0) is 43.0 Å². The van der Waals surface area contributed by atoms with Gasteiger partial charge in [0.2, 0.25) is 0 Å². The maximum Gasteiger partial charge on any atom is 0.126 e. The second-order valence-electron chi connectivity index (χ2n) is 8.00. The highest BCUT2D eigenvalue weighted by Gasteiger charge is 2.32. The normalized spacial score (nSPS) is 19.7. The van der Waals surface area contributed by atoms with E-state index in [4.69, 9.17) is 4.74 Å². The van der Waals surface area contributed by atoms with Gasteiger partial charge in [-0.1, -0.05) is 26.0 Å². The molecule has 1 aromatic carbocycles. The number of rotatable bonds is 5. The third-order valence-electron chi connectivity index (χ3n) is 6.38. The summed E-state index contributed by atoms with van der Waals surface area (Å²) in [6.07, 6.45) is 1.98. The van der Waals surface area contributed by atoms with Gasteiger partial charge in [0.05, 0.1) is 33.5 Å². The van der Waals surface area contributed by atoms with Crippen LogP contribution < -0.4 is 0 Å². The topological polar surface area (TPSA) is 97.7 Å². The lowest BCUT2D eigenvalue weighted by molar-refractivity contribution is 0.0285. The van der Waals surface area contributed by atoms with E-state index >= 15 is 0 Å². The molecule has 0 aliphatic carbocycles. The zero-order chi connectivity index (χ0) is 20.9. The summed E-state index contributed by atoms with van der Waals surface area (Å²) in [6, 6.07) is 12.6. The molecule has 2 unspecified atom stereocenters. The molecule has 6 nitrogen and oxygen atoms in total. The molecule has 5 rings (SSSR count). The first kappa shape index (κ1) is 19.3. The van der Waals surface area contributed by atoms with Crippen molar-refractivity contribution in [3.8, 4) is 17.5 Å². The van der Waals surface area contributed by atoms with Gasteiger partial charge in [-0.25, -0.2) is 0 Å². The van der Waals surface area contributed by atoms with E-state index < -0.39 is 5.60 Å². The zero-order valence-corrected chi connectivity index (χ0v) is 17.8. The van der Waals surface area contributed by atoms with E-state index in [0.29, 0.717) is 19.4 Å². The minimum Gasteiger partial charge on any atom is -0.385 e. The van der Waals surface area contributed by atoms with Crippen molar-refractivity contribution in [1.82, 2.24) is 15.2 Å². The van der Waals surface area contributed by atoms with Crippen LogP contribution in [0.25, 0.3) is 32.5 Å². The fraction of sp³-hybridized carbons (Fsp3) is 0.391. The molecule has 1 aliphatic heterocycles. The van der Waals surface area contributed by atoms with Gasteiger partial charge in [0.1, 0.15) is 11.8 Å². The summed E-state index contributed by atoms with van der Waals surface area (Å²) < 4.78 is 6.88. The number of nitrogens with one attached hydrogen (secondary N) is 2. The first-order valence-electron chi connectivity index (χ1n) is 10.4. The van der Waals surface area contributed by atoms with E-state index in [0.717, 1.165) is 49.4 Å². The van der Waals surface area contributed by atoms with Crippen LogP contribution in [0.2, 0.25) is 0 Å². The van der Waals surface area contributed by atoms with Crippen molar-refractivity contribution in [1.29, 1.82) is 5.26 Å². The number of benzene rings is 1. The van der Waals surface area contributed by atoms with Crippen LogP contribution in [0.3, 0.4) is 0 Å². The number of aliphatic hydroxyl groups is 1. The molecule has 4 heterocycles. The fourth-order valence-electron chi connectivity index (χ4n) is 4.36. The summed E-state index contributed by atoms with van der Waals surface area (Å²) in [5.74, 6) is -0.0912. The Morgan fingerprint density at radius 3 is 2.87 bits per heavy atom. The Kier molecular flexibility index (Phi) is 4.66. The molecule has 0 radical (unpaired) electrons. The number of ether oxygens (including phenoxy) is 1. The maximum atomic E-state index is 10.9. The van der Waals surface area contributed by atoms with Gasteiger partial charge in [0.15, 0.2) is 0 Å². The van der Waals surface area contributed by atoms with Crippen molar-refractivity contribution in [3.05, 3.63) is 40.8 Å². The van der Waals surface area contributed by atoms with Crippen molar-refractivity contribution in [2.24, 2.45) is 5.92 Å². The minimum absolute atomic E-state index is 0.0912. The van der Waals surface area contributed by atoms with E-state index in [1.54, 1.807) is 11.3 Å². The highest BCUT2D eigenvalue weighted by atomic mass is 32.1. The van der Waals surface area contributed by atoms with Crippen molar-refractivity contribution in [3.63, 3.8) is 0 Å². The lowest BCUT2D eigenvalue weighted by Crippen LogP contribution is -2.23. The van der Waals surface area contributed by atoms with E-state index in [-0.39, 0.29) is 12.0 Å². The van der Waals surface area contributed by atoms with Gasteiger partial charge in [-0.3, -0.25) is 5.10 Å². The summed E-state index contributed by atoms with van der Waals surface area (Å²) in [4.78, 5) is 4.55. The van der Waals surface area contributed by atoms with Crippen LogP contribution in [-0.4, -0.2) is 26.9 Å². The van der Waals surface area contributed by atoms with Crippen molar-refractivity contribution >= 4 is 32.5 Å². The molecule has 154 valence electrons. The smallest absolute Gasteiger partial charge is 0.126 e. The fourth-order valence-corrected chi connectivity index (χ4v) is 5.59. The standard InChI is InChI=1S/C23H24N4O2S/c1-3-23(28,4-2)15-6-5-13-9-17(25-16(13)10-15)20-22-18(26-27-20)11-19(30-22)21-14(12-24)7-8-29-21/h5-6,9-11,14,21,25,28H,3-4,7-8H2,1-2H3,(H,26,27). The summed E-state index contributed by atoms with van der Waals surface area (Å²) in [7, 11) is 0. The Morgan fingerprint density at radius 2 is 2.10 bits per heavy atom. The number of hydrogen-bond donors (Lipinski definition) is 3. The van der Waals surface area contributed by atoms with E-state index in [9.17, 15) is 10.4 Å². The monoisotopic (exact) mass is 420 g/mol. The Balaban J connectivity index is 1.54. The first-order chi connectivity index (χ1) is 14.6. The van der Waals surface area contributed by atoms with Gasteiger partial charge < -0.3 is 14.8 Å². The molecule has 1 fully saturated rings. The zero-order valence-electron chi connectivity index (χ0n) is 17.0. The molecule has 0 spiro atoms. The van der Waals surface area contributed by atoms with Gasteiger partial charge in [0.25, 0.3) is 0 Å². The highest BCUT2D eigenvalue weighted by Crippen LogP contribution is 2.42. The molecule has 7 heteroatoms. The first-order valence-corrected chi connectivity index (χ1v) is 11.2. The number of nitrogens with zero attached hydrogens (tertiary/aromatic N) is 2. The summed E-state index contributed by atoms with van der Waals surface area (Å²) in [5.41, 5.74) is 3.87. The molecule has 30 heavy (non-hydrogen) atoms. The Bertz CT molecular complexity index is 1260. The third-order valence-corrected chi connectivity index (χ3v) is 7.58. The quantitative estimate of drug-likeness (QED) is 0.404. The van der Waals surface area contributed by atoms with Gasteiger partial charge in [-0.15, -0.1) is 11.3 Å². The molecule has 1 saturated heterocycles. The minimum atomic E-state index is -0.805. The molecule has 4 aromatic rings. The largest absolute Gasteiger partial charge is 0.385 e. The molecule has 1 aliphatic rings. The molecular formula is C23H24N4O2S. The van der Waals surface area contributed by atoms with Gasteiger partial charge in [0, 0.05) is 22.4 Å². The Labute approximate surface area is 178 Å². The molecule has 2 atom stereocenters. The van der Waals surface area contributed by atoms with Crippen molar-refractivity contribution in [2.45, 2.75) is 44.8 Å². The lowest BCUT2D eigenvalue weighted by Gasteiger charge is -2.25. The van der Waals surface area contributed by atoms with Crippen LogP contribution in [0.1, 0.15) is 49.7 Å². The molecular weight excluding hydrogens is 396 g/mol. The predicted octanol–water partition coefficient (Wildman–Crippen LogP) is 5.38. The van der Waals surface area contributed by atoms with E-state index in [2.05, 4.69) is 39.4 Å². The molecule has 0 bridgehead atoms. The van der Waals surface area contributed by atoms with Crippen molar-refractivity contribution in [2.75, 3.05) is 6.61 Å². The third kappa shape index (κ3) is 2.95. The molecule has 3 aromatic heterocycles. The summed E-state index contributed by atoms with van der Waals surface area (Å²) >= 11 is 1.64. The number of hydrogen-bond acceptors (Lipinski definition) is 5. The van der Waals surface area contributed by atoms with Crippen molar-refractivity contribution < 1.29 is 9.84 Å². The second kappa shape index (κ2) is 7.24. The van der Waals surface area contributed by atoms with Gasteiger partial charge >= 0.3 is 0 Å². The van der Waals surface area contributed by atoms with Crippen LogP contribution in [0.4, 0.5) is 0 Å². The Hall–Kier alpha value is -2.66. The van der Waals surface area contributed by atoms with Crippen LogP contribution >= 0.6 is 11.3 Å². The summed E-state index contributed by atoms with van der Waals surface area (Å²) in [6.45, 7) is 4.65. The van der Waals surface area contributed by atoms with E-state index in [1.807, 2.05) is 26.0 Å². The van der Waals surface area contributed by atoms with E-state index in [1.165, 1.54) is 0 Å². The second-order valence-corrected chi connectivity index (χ2v) is 9.09. The van der Waals surface area contributed by atoms with Crippen LogP contribution in [-0.2, 0) is 10.3 Å². The average Bonchev–Trinajstić information content (AvgIpc) is 3.53. The molecule has 3 N–H and O–H groups in total. The Morgan fingerprint density at radius 1 is 1.27 bits per heavy atom. The highest BCUT2D eigenvalue weighted by molar-refractivity contribution is 7.19.